The van der Waals surface area contributed by atoms with Gasteiger partial charge in [0.25, 0.3) is 0 Å². The van der Waals surface area contributed by atoms with Crippen molar-refractivity contribution in [1.29, 1.82) is 0 Å². The predicted molar refractivity (Wildman–Crippen MR) is 57.9 cm³/mol. The van der Waals surface area contributed by atoms with Gasteiger partial charge in [-0.1, -0.05) is 19.9 Å². The summed E-state index contributed by atoms with van der Waals surface area (Å²) in [7, 11) is 0. The molecule has 0 unspecified atom stereocenters. The summed E-state index contributed by atoms with van der Waals surface area (Å²) in [5.74, 6) is -2.16. The number of hydrogen-bond donors (Lipinski definition) is 1. The second-order valence-electron chi connectivity index (χ2n) is 4.54. The van der Waals surface area contributed by atoms with E-state index in [1.54, 1.807) is 26.8 Å². The molecule has 0 heterocycles. The van der Waals surface area contributed by atoms with Crippen LogP contribution < -0.4 is 0 Å². The summed E-state index contributed by atoms with van der Waals surface area (Å²) in [4.78, 5) is 33.7. The SMILES string of the molecule is CC1=C(C(C)(C)CC(=O)O)C(=O)C(=O)C=C1. The topological polar surface area (TPSA) is 71.4 Å². The lowest BCUT2D eigenvalue weighted by Gasteiger charge is -2.27. The zero-order valence-electron chi connectivity index (χ0n) is 9.53. The van der Waals surface area contributed by atoms with Crippen molar-refractivity contribution in [2.24, 2.45) is 5.41 Å². The highest BCUT2D eigenvalue weighted by Gasteiger charge is 2.35. The molecule has 1 rings (SSSR count). The Labute approximate surface area is 93.6 Å². The number of allylic oxidation sites excluding steroid dienone is 4. The van der Waals surface area contributed by atoms with E-state index in [2.05, 4.69) is 0 Å². The number of carbonyl (C=O) groups is 3. The summed E-state index contributed by atoms with van der Waals surface area (Å²) in [6.07, 6.45) is 2.60. The number of carbonyl (C=O) groups excluding carboxylic acids is 2. The van der Waals surface area contributed by atoms with Crippen molar-refractivity contribution < 1.29 is 19.5 Å². The van der Waals surface area contributed by atoms with Crippen LogP contribution in [0.25, 0.3) is 0 Å². The molecule has 1 N–H and O–H groups in total. The van der Waals surface area contributed by atoms with Gasteiger partial charge >= 0.3 is 5.97 Å². The van der Waals surface area contributed by atoms with E-state index in [0.717, 1.165) is 0 Å². The van der Waals surface area contributed by atoms with Crippen LogP contribution in [0.2, 0.25) is 0 Å². The number of carboxylic acids is 1. The maximum Gasteiger partial charge on any atom is 0.304 e. The average Bonchev–Trinajstić information content (AvgIpc) is 2.09. The molecule has 1 aliphatic rings. The van der Waals surface area contributed by atoms with Gasteiger partial charge in [0.2, 0.25) is 11.6 Å². The van der Waals surface area contributed by atoms with E-state index in [-0.39, 0.29) is 6.42 Å². The standard InChI is InChI=1S/C12H14O4/c1-7-4-5-8(13)11(16)10(7)12(2,3)6-9(14)15/h4-5H,6H2,1-3H3,(H,14,15). The highest BCUT2D eigenvalue weighted by Crippen LogP contribution is 2.35. The Hall–Kier alpha value is -1.71. The summed E-state index contributed by atoms with van der Waals surface area (Å²) in [6.45, 7) is 5.02. The van der Waals surface area contributed by atoms with E-state index >= 15 is 0 Å². The van der Waals surface area contributed by atoms with Crippen molar-refractivity contribution in [3.8, 4) is 0 Å². The van der Waals surface area contributed by atoms with E-state index in [9.17, 15) is 14.4 Å². The van der Waals surface area contributed by atoms with Gasteiger partial charge in [-0.05, 0) is 18.6 Å². The van der Waals surface area contributed by atoms with Crippen molar-refractivity contribution in [2.45, 2.75) is 27.2 Å². The van der Waals surface area contributed by atoms with Gasteiger partial charge in [0.05, 0.1) is 6.42 Å². The highest BCUT2D eigenvalue weighted by molar-refractivity contribution is 6.48. The third-order valence-corrected chi connectivity index (χ3v) is 2.60. The fraction of sp³-hybridized carbons (Fsp3) is 0.417. The molecule has 0 saturated carbocycles. The van der Waals surface area contributed by atoms with Gasteiger partial charge in [-0.3, -0.25) is 14.4 Å². The van der Waals surface area contributed by atoms with Gasteiger partial charge in [0.15, 0.2) is 0 Å². The van der Waals surface area contributed by atoms with Crippen LogP contribution in [-0.2, 0) is 14.4 Å². The molecule has 86 valence electrons. The molecule has 0 aromatic rings. The van der Waals surface area contributed by atoms with Gasteiger partial charge in [0, 0.05) is 11.0 Å². The first-order valence-corrected chi connectivity index (χ1v) is 4.95. The molecule has 0 amide bonds. The van der Waals surface area contributed by atoms with Crippen LogP contribution in [0.5, 0.6) is 0 Å². The van der Waals surface area contributed by atoms with Gasteiger partial charge < -0.3 is 5.11 Å². The molecule has 0 aromatic heterocycles. The van der Waals surface area contributed by atoms with E-state index in [1.165, 1.54) is 6.08 Å². The van der Waals surface area contributed by atoms with Crippen molar-refractivity contribution in [3.63, 3.8) is 0 Å². The van der Waals surface area contributed by atoms with E-state index < -0.39 is 23.0 Å². The van der Waals surface area contributed by atoms with Crippen molar-refractivity contribution in [3.05, 3.63) is 23.3 Å². The lowest BCUT2D eigenvalue weighted by molar-refractivity contribution is -0.139. The fourth-order valence-corrected chi connectivity index (χ4v) is 1.97. The Morgan fingerprint density at radius 2 is 1.88 bits per heavy atom. The molecule has 4 heteroatoms. The zero-order chi connectivity index (χ0) is 12.5. The Balaban J connectivity index is 3.19. The van der Waals surface area contributed by atoms with Gasteiger partial charge in [-0.15, -0.1) is 0 Å². The van der Waals surface area contributed by atoms with Gasteiger partial charge in [-0.2, -0.15) is 0 Å². The van der Waals surface area contributed by atoms with Gasteiger partial charge in [0.1, 0.15) is 0 Å². The van der Waals surface area contributed by atoms with Gasteiger partial charge in [-0.25, -0.2) is 0 Å². The van der Waals surface area contributed by atoms with E-state index in [0.29, 0.717) is 11.1 Å². The predicted octanol–water partition coefficient (Wildman–Crippen LogP) is 1.51. The second kappa shape index (κ2) is 4.04. The maximum absolute atomic E-state index is 11.7. The summed E-state index contributed by atoms with van der Waals surface area (Å²) in [5.41, 5.74) is 0.145. The van der Waals surface area contributed by atoms with Crippen LogP contribution in [0.15, 0.2) is 23.3 Å². The molecule has 0 bridgehead atoms. The molecular formula is C12H14O4. The Morgan fingerprint density at radius 3 is 2.38 bits per heavy atom. The molecule has 0 atom stereocenters. The number of aliphatic carboxylic acids is 1. The number of Topliss-reactive ketones (excluding diaryl/α,β-unsaturated/α-hetero) is 1. The molecule has 0 saturated heterocycles. The van der Waals surface area contributed by atoms with Crippen molar-refractivity contribution in [1.82, 2.24) is 0 Å². The minimum atomic E-state index is -0.986. The molecule has 0 aliphatic heterocycles. The summed E-state index contributed by atoms with van der Waals surface area (Å²) in [6, 6.07) is 0. The Morgan fingerprint density at radius 1 is 1.31 bits per heavy atom. The molecule has 0 fully saturated rings. The fourth-order valence-electron chi connectivity index (χ4n) is 1.97. The third-order valence-electron chi connectivity index (χ3n) is 2.60. The molecule has 16 heavy (non-hydrogen) atoms. The third kappa shape index (κ3) is 2.27. The van der Waals surface area contributed by atoms with Crippen LogP contribution in [0, 0.1) is 5.41 Å². The molecule has 0 radical (unpaired) electrons. The second-order valence-corrected chi connectivity index (χ2v) is 4.54. The first kappa shape index (κ1) is 12.4. The van der Waals surface area contributed by atoms with E-state index in [1.807, 2.05) is 0 Å². The zero-order valence-corrected chi connectivity index (χ0v) is 9.53. The van der Waals surface area contributed by atoms with Crippen LogP contribution in [0.4, 0.5) is 0 Å². The summed E-state index contributed by atoms with van der Waals surface area (Å²) in [5, 5.41) is 8.78. The number of hydrogen-bond acceptors (Lipinski definition) is 3. The molecular weight excluding hydrogens is 208 g/mol. The minimum absolute atomic E-state index is 0.174. The number of carboxylic acid groups (broad SMARTS) is 1. The quantitative estimate of drug-likeness (QED) is 0.580. The summed E-state index contributed by atoms with van der Waals surface area (Å²) < 4.78 is 0. The number of ketones is 2. The number of rotatable bonds is 3. The van der Waals surface area contributed by atoms with E-state index in [4.69, 9.17) is 5.11 Å². The normalized spacial score (nSPS) is 16.9. The largest absolute Gasteiger partial charge is 0.481 e. The average molecular weight is 222 g/mol. The maximum atomic E-state index is 11.7. The van der Waals surface area contributed by atoms with Crippen LogP contribution in [0.1, 0.15) is 27.2 Å². The molecule has 4 nitrogen and oxygen atoms in total. The molecule has 0 spiro atoms. The van der Waals surface area contributed by atoms with Crippen molar-refractivity contribution >= 4 is 17.5 Å². The van der Waals surface area contributed by atoms with Crippen LogP contribution >= 0.6 is 0 Å². The summed E-state index contributed by atoms with van der Waals surface area (Å²) >= 11 is 0. The smallest absolute Gasteiger partial charge is 0.304 e. The lowest BCUT2D eigenvalue weighted by Crippen LogP contribution is -2.30. The monoisotopic (exact) mass is 222 g/mol. The first-order chi connectivity index (χ1) is 7.25. The highest BCUT2D eigenvalue weighted by atomic mass is 16.4. The molecule has 1 aliphatic carbocycles. The minimum Gasteiger partial charge on any atom is -0.481 e. The van der Waals surface area contributed by atoms with Crippen molar-refractivity contribution in [2.75, 3.05) is 0 Å². The Kier molecular flexibility index (Phi) is 3.12. The first-order valence-electron chi connectivity index (χ1n) is 4.95. The van der Waals surface area contributed by atoms with Crippen LogP contribution in [0.3, 0.4) is 0 Å². The molecule has 0 aromatic carbocycles. The van der Waals surface area contributed by atoms with Crippen LogP contribution in [-0.4, -0.2) is 22.6 Å². The Bertz CT molecular complexity index is 424. The lowest BCUT2D eigenvalue weighted by atomic mass is 9.74.